The fourth-order valence-electron chi connectivity index (χ4n) is 1.80. The molecular formula is C11H17N. The third-order valence-corrected chi connectivity index (χ3v) is 3.35. The van der Waals surface area contributed by atoms with Gasteiger partial charge < -0.3 is 0 Å². The van der Waals surface area contributed by atoms with Crippen LogP contribution >= 0.6 is 0 Å². The molecule has 66 valence electrons. The minimum Gasteiger partial charge on any atom is -0.294 e. The number of allylic oxidation sites excluding steroid dienone is 2. The van der Waals surface area contributed by atoms with E-state index in [1.807, 2.05) is 6.08 Å². The second-order valence-corrected chi connectivity index (χ2v) is 4.03. The summed E-state index contributed by atoms with van der Waals surface area (Å²) in [6.07, 6.45) is 5.01. The van der Waals surface area contributed by atoms with E-state index in [-0.39, 0.29) is 11.0 Å². The van der Waals surface area contributed by atoms with Crippen LogP contribution < -0.4 is 0 Å². The maximum absolute atomic E-state index is 4.16. The summed E-state index contributed by atoms with van der Waals surface area (Å²) >= 11 is 0. The molecule has 1 aliphatic rings. The Labute approximate surface area is 74.9 Å². The molecule has 1 nitrogen and oxygen atoms in total. The smallest absolute Gasteiger partial charge is 0.0673 e. The molecule has 1 rings (SSSR count). The number of hydrogen-bond acceptors (Lipinski definition) is 1. The summed E-state index contributed by atoms with van der Waals surface area (Å²) in [5, 5.41) is 0. The Hall–Kier alpha value is -0.850. The molecule has 1 heteroatoms. The minimum absolute atomic E-state index is 0.0661. The summed E-state index contributed by atoms with van der Waals surface area (Å²) < 4.78 is 0. The predicted molar refractivity (Wildman–Crippen MR) is 54.6 cm³/mol. The molecule has 0 heterocycles. The Balaban J connectivity index is 2.86. The van der Waals surface area contributed by atoms with Crippen molar-refractivity contribution in [2.75, 3.05) is 0 Å². The van der Waals surface area contributed by atoms with Crippen LogP contribution in [0.15, 0.2) is 29.3 Å². The fraction of sp³-hybridized carbons (Fsp3) is 0.545. The average molecular weight is 163 g/mol. The second kappa shape index (κ2) is 2.58. The van der Waals surface area contributed by atoms with E-state index in [9.17, 15) is 0 Å². The number of nitrogens with zero attached hydrogens (tertiary/aromatic N) is 1. The molecule has 2 unspecified atom stereocenters. The first-order valence-corrected chi connectivity index (χ1v) is 4.28. The predicted octanol–water partition coefficient (Wildman–Crippen LogP) is 2.99. The molecule has 0 aromatic rings. The third kappa shape index (κ3) is 1.04. The first kappa shape index (κ1) is 9.24. The minimum atomic E-state index is 0.0661. The van der Waals surface area contributed by atoms with E-state index in [1.165, 1.54) is 5.57 Å². The monoisotopic (exact) mass is 163 g/mol. The van der Waals surface area contributed by atoms with Gasteiger partial charge in [0.15, 0.2) is 0 Å². The van der Waals surface area contributed by atoms with Crippen molar-refractivity contribution >= 4 is 6.72 Å². The van der Waals surface area contributed by atoms with Crippen molar-refractivity contribution in [1.82, 2.24) is 0 Å². The number of aliphatic imine (C=N–C) groups is 1. The number of hydrogen-bond donors (Lipinski definition) is 0. The lowest BCUT2D eigenvalue weighted by atomic mass is 9.94. The molecule has 0 saturated heterocycles. The molecule has 0 aromatic heterocycles. The van der Waals surface area contributed by atoms with Gasteiger partial charge in [-0.15, -0.1) is 0 Å². The SMILES string of the molecule is C=C/C=C(\C)C1(C)CC1(C)N=C. The first-order chi connectivity index (χ1) is 5.50. The summed E-state index contributed by atoms with van der Waals surface area (Å²) in [4.78, 5) is 4.16. The van der Waals surface area contributed by atoms with Crippen molar-refractivity contribution in [3.05, 3.63) is 24.3 Å². The van der Waals surface area contributed by atoms with Crippen LogP contribution in [0.25, 0.3) is 0 Å². The van der Waals surface area contributed by atoms with Crippen LogP contribution in [-0.4, -0.2) is 12.3 Å². The maximum Gasteiger partial charge on any atom is 0.0673 e. The third-order valence-electron chi connectivity index (χ3n) is 3.35. The molecular weight excluding hydrogens is 146 g/mol. The Morgan fingerprint density at radius 2 is 2.08 bits per heavy atom. The molecule has 0 aliphatic heterocycles. The quantitative estimate of drug-likeness (QED) is 0.448. The van der Waals surface area contributed by atoms with Crippen LogP contribution in [0.3, 0.4) is 0 Å². The zero-order valence-electron chi connectivity index (χ0n) is 8.22. The van der Waals surface area contributed by atoms with Gasteiger partial charge in [0, 0.05) is 5.41 Å². The lowest BCUT2D eigenvalue weighted by molar-refractivity contribution is 0.556. The van der Waals surface area contributed by atoms with E-state index >= 15 is 0 Å². The molecule has 0 aromatic carbocycles. The fourth-order valence-corrected chi connectivity index (χ4v) is 1.80. The highest BCUT2D eigenvalue weighted by molar-refractivity contribution is 5.39. The van der Waals surface area contributed by atoms with Crippen LogP contribution in [-0.2, 0) is 0 Å². The van der Waals surface area contributed by atoms with E-state index in [0.29, 0.717) is 0 Å². The van der Waals surface area contributed by atoms with E-state index in [0.717, 1.165) is 6.42 Å². The van der Waals surface area contributed by atoms with Crippen LogP contribution in [0, 0.1) is 5.41 Å². The van der Waals surface area contributed by atoms with Crippen molar-refractivity contribution in [2.45, 2.75) is 32.7 Å². The lowest BCUT2D eigenvalue weighted by Gasteiger charge is -2.14. The summed E-state index contributed by atoms with van der Waals surface area (Å²) in [5.41, 5.74) is 1.65. The largest absolute Gasteiger partial charge is 0.294 e. The van der Waals surface area contributed by atoms with Crippen molar-refractivity contribution < 1.29 is 0 Å². The number of rotatable bonds is 3. The highest BCUT2D eigenvalue weighted by atomic mass is 15.0. The molecule has 0 radical (unpaired) electrons. The van der Waals surface area contributed by atoms with Crippen LogP contribution in [0.2, 0.25) is 0 Å². The lowest BCUT2D eigenvalue weighted by Crippen LogP contribution is -2.11. The topological polar surface area (TPSA) is 12.4 Å². The second-order valence-electron chi connectivity index (χ2n) is 4.03. The van der Waals surface area contributed by atoms with E-state index in [2.05, 4.69) is 45.1 Å². The van der Waals surface area contributed by atoms with Crippen molar-refractivity contribution in [3.63, 3.8) is 0 Å². The Kier molecular flexibility index (Phi) is 1.99. The van der Waals surface area contributed by atoms with Gasteiger partial charge in [0.25, 0.3) is 0 Å². The Morgan fingerprint density at radius 3 is 2.42 bits per heavy atom. The molecule has 2 atom stereocenters. The van der Waals surface area contributed by atoms with Crippen LogP contribution in [0.4, 0.5) is 0 Å². The maximum atomic E-state index is 4.16. The van der Waals surface area contributed by atoms with Gasteiger partial charge in [-0.3, -0.25) is 4.99 Å². The van der Waals surface area contributed by atoms with Gasteiger partial charge in [-0.25, -0.2) is 0 Å². The summed E-state index contributed by atoms with van der Waals surface area (Å²) in [5.74, 6) is 0. The van der Waals surface area contributed by atoms with E-state index in [4.69, 9.17) is 0 Å². The summed E-state index contributed by atoms with van der Waals surface area (Å²) in [6, 6.07) is 0. The molecule has 1 saturated carbocycles. The van der Waals surface area contributed by atoms with Crippen LogP contribution in [0.5, 0.6) is 0 Å². The molecule has 0 bridgehead atoms. The molecule has 12 heavy (non-hydrogen) atoms. The highest BCUT2D eigenvalue weighted by Gasteiger charge is 2.61. The van der Waals surface area contributed by atoms with Gasteiger partial charge in [-0.1, -0.05) is 31.2 Å². The molecule has 1 fully saturated rings. The summed E-state index contributed by atoms with van der Waals surface area (Å²) in [7, 11) is 0. The van der Waals surface area contributed by atoms with Gasteiger partial charge in [0.05, 0.1) is 5.54 Å². The van der Waals surface area contributed by atoms with Gasteiger partial charge in [-0.2, -0.15) is 0 Å². The van der Waals surface area contributed by atoms with Crippen molar-refractivity contribution in [1.29, 1.82) is 0 Å². The summed E-state index contributed by atoms with van der Waals surface area (Å²) in [6.45, 7) is 13.8. The van der Waals surface area contributed by atoms with E-state index < -0.39 is 0 Å². The zero-order valence-corrected chi connectivity index (χ0v) is 8.22. The van der Waals surface area contributed by atoms with Gasteiger partial charge in [-0.05, 0) is 27.0 Å². The Bertz CT molecular complexity index is 252. The Morgan fingerprint density at radius 1 is 1.50 bits per heavy atom. The van der Waals surface area contributed by atoms with Crippen molar-refractivity contribution in [3.8, 4) is 0 Å². The van der Waals surface area contributed by atoms with Gasteiger partial charge in [0.2, 0.25) is 0 Å². The van der Waals surface area contributed by atoms with Crippen LogP contribution in [0.1, 0.15) is 27.2 Å². The standard InChI is InChI=1S/C11H17N/c1-6-7-9(2)10(3)8-11(10,4)12-5/h6-7H,1,5,8H2,2-4H3/b9-7+. The average Bonchev–Trinajstić information content (AvgIpc) is 2.58. The first-order valence-electron chi connectivity index (χ1n) is 4.28. The zero-order chi connectivity index (χ0) is 9.41. The van der Waals surface area contributed by atoms with Gasteiger partial charge >= 0.3 is 0 Å². The van der Waals surface area contributed by atoms with E-state index in [1.54, 1.807) is 0 Å². The van der Waals surface area contributed by atoms with Crippen molar-refractivity contribution in [2.24, 2.45) is 10.4 Å². The molecule has 0 amide bonds. The molecule has 1 aliphatic carbocycles. The normalized spacial score (nSPS) is 40.8. The molecule has 0 spiro atoms. The van der Waals surface area contributed by atoms with Gasteiger partial charge in [0.1, 0.15) is 0 Å². The molecule has 0 N–H and O–H groups in total. The highest BCUT2D eigenvalue weighted by Crippen LogP contribution is 2.62.